The zero-order valence-corrected chi connectivity index (χ0v) is 22.5. The lowest BCUT2D eigenvalue weighted by Gasteiger charge is -2.16. The van der Waals surface area contributed by atoms with E-state index >= 15 is 0 Å². The van der Waals surface area contributed by atoms with Crippen LogP contribution in [-0.2, 0) is 0 Å². The molecule has 0 saturated heterocycles. The Morgan fingerprint density at radius 3 is 1.35 bits per heavy atom. The Hall–Kier alpha value is -0.330. The predicted octanol–water partition coefficient (Wildman–Crippen LogP) is 11.1. The summed E-state index contributed by atoms with van der Waals surface area (Å²) in [6.07, 6.45) is 32.1. The van der Waals surface area contributed by atoms with E-state index in [4.69, 9.17) is 4.99 Å². The van der Waals surface area contributed by atoms with Gasteiger partial charge < -0.3 is 0 Å². The van der Waals surface area contributed by atoms with Crippen LogP contribution in [0.5, 0.6) is 0 Å². The summed E-state index contributed by atoms with van der Waals surface area (Å²) in [5.41, 5.74) is 1.56. The van der Waals surface area contributed by atoms with Crippen LogP contribution >= 0.6 is 0 Å². The Labute approximate surface area is 198 Å². The van der Waals surface area contributed by atoms with Crippen LogP contribution in [0.1, 0.15) is 175 Å². The number of hydrogen-bond donors (Lipinski definition) is 0. The fourth-order valence-corrected chi connectivity index (χ4v) is 4.61. The summed E-state index contributed by atoms with van der Waals surface area (Å²) < 4.78 is 0. The molecule has 0 heterocycles. The molecule has 0 bridgehead atoms. The maximum absolute atomic E-state index is 5.15. The van der Waals surface area contributed by atoms with E-state index < -0.39 is 0 Å². The second-order valence-electron chi connectivity index (χ2n) is 10.2. The van der Waals surface area contributed by atoms with Gasteiger partial charge >= 0.3 is 0 Å². The van der Waals surface area contributed by atoms with Gasteiger partial charge in [0.25, 0.3) is 0 Å². The average Bonchev–Trinajstić information content (AvgIpc) is 2.78. The second-order valence-corrected chi connectivity index (χ2v) is 10.2. The minimum atomic E-state index is 0.709. The molecule has 31 heavy (non-hydrogen) atoms. The zero-order valence-electron chi connectivity index (χ0n) is 22.5. The van der Waals surface area contributed by atoms with Crippen molar-refractivity contribution >= 4 is 5.71 Å². The van der Waals surface area contributed by atoms with Crippen molar-refractivity contribution in [2.45, 2.75) is 175 Å². The smallest absolute Gasteiger partial charge is 0.0388 e. The minimum Gasteiger partial charge on any atom is -0.294 e. The van der Waals surface area contributed by atoms with Crippen LogP contribution in [0, 0.1) is 5.92 Å². The predicted molar refractivity (Wildman–Crippen MR) is 145 cm³/mol. The number of aliphatic imine (C=N–C) groups is 1. The summed E-state index contributed by atoms with van der Waals surface area (Å²) in [5, 5.41) is 0. The summed E-state index contributed by atoms with van der Waals surface area (Å²) in [4.78, 5) is 5.15. The van der Waals surface area contributed by atoms with E-state index in [1.54, 1.807) is 5.71 Å². The highest BCUT2D eigenvalue weighted by Crippen LogP contribution is 2.18. The molecule has 1 unspecified atom stereocenters. The van der Waals surface area contributed by atoms with Crippen LogP contribution in [0.3, 0.4) is 0 Å². The van der Waals surface area contributed by atoms with Crippen molar-refractivity contribution in [3.05, 3.63) is 0 Å². The Balaban J connectivity index is 4.08. The maximum Gasteiger partial charge on any atom is 0.0388 e. The molecule has 0 aromatic carbocycles. The van der Waals surface area contributed by atoms with E-state index in [0.717, 1.165) is 6.54 Å². The van der Waals surface area contributed by atoms with E-state index in [1.807, 2.05) is 0 Å². The number of hydrogen-bond acceptors (Lipinski definition) is 1. The molecular weight excluding hydrogens is 374 g/mol. The molecule has 0 aromatic rings. The van der Waals surface area contributed by atoms with Gasteiger partial charge in [0, 0.05) is 12.3 Å². The van der Waals surface area contributed by atoms with Crippen LogP contribution in [0.4, 0.5) is 0 Å². The van der Waals surface area contributed by atoms with Gasteiger partial charge in [-0.3, -0.25) is 4.99 Å². The molecule has 0 fully saturated rings. The van der Waals surface area contributed by atoms with E-state index in [0.29, 0.717) is 5.92 Å². The monoisotopic (exact) mass is 435 g/mol. The molecule has 1 nitrogen and oxygen atoms in total. The van der Waals surface area contributed by atoms with Crippen LogP contribution < -0.4 is 0 Å². The van der Waals surface area contributed by atoms with Crippen molar-refractivity contribution in [1.82, 2.24) is 0 Å². The van der Waals surface area contributed by atoms with Crippen LogP contribution in [0.2, 0.25) is 0 Å². The highest BCUT2D eigenvalue weighted by atomic mass is 14.7. The summed E-state index contributed by atoms with van der Waals surface area (Å²) in [6, 6.07) is 0. The first-order valence-corrected chi connectivity index (χ1v) is 14.8. The molecule has 0 saturated carbocycles. The van der Waals surface area contributed by atoms with Crippen LogP contribution in [0.25, 0.3) is 0 Å². The molecule has 1 atom stereocenters. The molecule has 0 aliphatic carbocycles. The van der Waals surface area contributed by atoms with Crippen LogP contribution in [-0.4, -0.2) is 12.3 Å². The first kappa shape index (κ1) is 30.7. The molecular formula is C30H61N. The largest absolute Gasteiger partial charge is 0.294 e. The van der Waals surface area contributed by atoms with Gasteiger partial charge in [-0.05, 0) is 31.6 Å². The Morgan fingerprint density at radius 1 is 0.484 bits per heavy atom. The lowest BCUT2D eigenvalue weighted by molar-refractivity contribution is 0.546. The molecule has 0 amide bonds. The molecule has 1 heteroatoms. The van der Waals surface area contributed by atoms with Crippen LogP contribution in [0.15, 0.2) is 4.99 Å². The maximum atomic E-state index is 5.15. The normalized spacial score (nSPS) is 13.1. The van der Waals surface area contributed by atoms with E-state index in [2.05, 4.69) is 27.7 Å². The Kier molecular flexibility index (Phi) is 25.7. The lowest BCUT2D eigenvalue weighted by Crippen LogP contribution is -2.12. The summed E-state index contributed by atoms with van der Waals surface area (Å²) in [5.74, 6) is 0.709. The number of unbranched alkanes of at least 4 members (excludes halogenated alkanes) is 18. The minimum absolute atomic E-state index is 0.709. The molecule has 0 aliphatic rings. The fraction of sp³-hybridized carbons (Fsp3) is 0.967. The van der Waals surface area contributed by atoms with Gasteiger partial charge in [0.2, 0.25) is 0 Å². The van der Waals surface area contributed by atoms with Gasteiger partial charge in [0.05, 0.1) is 0 Å². The van der Waals surface area contributed by atoms with Crippen molar-refractivity contribution in [1.29, 1.82) is 0 Å². The SMILES string of the molecule is CCCCCCCCCCCCC(=NCCCCCCCC)C(C)CCCCCCC. The summed E-state index contributed by atoms with van der Waals surface area (Å²) in [6.45, 7) is 10.4. The topological polar surface area (TPSA) is 12.4 Å². The Morgan fingerprint density at radius 2 is 0.871 bits per heavy atom. The standard InChI is InChI=1S/C30H61N/c1-5-8-11-14-16-17-18-19-21-24-27-30(29(4)26-23-20-13-10-7-3)31-28-25-22-15-12-9-6-2/h29H,5-28H2,1-4H3. The first-order valence-electron chi connectivity index (χ1n) is 14.8. The molecule has 186 valence electrons. The number of rotatable bonds is 25. The zero-order chi connectivity index (χ0) is 22.8. The lowest BCUT2D eigenvalue weighted by atomic mass is 9.93. The van der Waals surface area contributed by atoms with Crippen molar-refractivity contribution < 1.29 is 0 Å². The summed E-state index contributed by atoms with van der Waals surface area (Å²) in [7, 11) is 0. The summed E-state index contributed by atoms with van der Waals surface area (Å²) >= 11 is 0. The quantitative estimate of drug-likeness (QED) is 0.0998. The highest BCUT2D eigenvalue weighted by molar-refractivity contribution is 5.86. The van der Waals surface area contributed by atoms with Crippen molar-refractivity contribution in [2.75, 3.05) is 6.54 Å². The molecule has 0 aromatic heterocycles. The van der Waals surface area contributed by atoms with E-state index in [1.165, 1.54) is 148 Å². The molecule has 0 N–H and O–H groups in total. The van der Waals surface area contributed by atoms with Gasteiger partial charge in [0.1, 0.15) is 0 Å². The third-order valence-electron chi connectivity index (χ3n) is 6.92. The second kappa shape index (κ2) is 25.9. The Bertz CT molecular complexity index is 359. The molecule has 0 spiro atoms. The van der Waals surface area contributed by atoms with Gasteiger partial charge in [0.15, 0.2) is 0 Å². The van der Waals surface area contributed by atoms with Crippen molar-refractivity contribution in [3.8, 4) is 0 Å². The van der Waals surface area contributed by atoms with E-state index in [-0.39, 0.29) is 0 Å². The van der Waals surface area contributed by atoms with Gasteiger partial charge in [-0.15, -0.1) is 0 Å². The fourth-order valence-electron chi connectivity index (χ4n) is 4.61. The third kappa shape index (κ3) is 22.6. The van der Waals surface area contributed by atoms with Crippen molar-refractivity contribution in [2.24, 2.45) is 10.9 Å². The average molecular weight is 436 g/mol. The van der Waals surface area contributed by atoms with Crippen molar-refractivity contribution in [3.63, 3.8) is 0 Å². The highest BCUT2D eigenvalue weighted by Gasteiger charge is 2.10. The molecule has 0 aliphatic heterocycles. The molecule has 0 rings (SSSR count). The number of nitrogens with zero attached hydrogens (tertiary/aromatic N) is 1. The third-order valence-corrected chi connectivity index (χ3v) is 6.92. The van der Waals surface area contributed by atoms with E-state index in [9.17, 15) is 0 Å². The van der Waals surface area contributed by atoms with Gasteiger partial charge in [-0.1, -0.05) is 150 Å². The van der Waals surface area contributed by atoms with Gasteiger partial charge in [-0.2, -0.15) is 0 Å². The first-order chi connectivity index (χ1) is 15.3. The molecule has 0 radical (unpaired) electrons. The van der Waals surface area contributed by atoms with Gasteiger partial charge in [-0.25, -0.2) is 0 Å².